The fourth-order valence-electron chi connectivity index (χ4n) is 2.97. The molecule has 118 valence electrons. The van der Waals surface area contributed by atoms with Gasteiger partial charge in [-0.05, 0) is 42.8 Å². The summed E-state index contributed by atoms with van der Waals surface area (Å²) >= 11 is 0. The lowest BCUT2D eigenvalue weighted by Crippen LogP contribution is -2.14. The highest BCUT2D eigenvalue weighted by atomic mass is 16.5. The Labute approximate surface area is 135 Å². The summed E-state index contributed by atoms with van der Waals surface area (Å²) < 4.78 is 10.4. The zero-order valence-corrected chi connectivity index (χ0v) is 13.5. The number of hydrogen-bond acceptors (Lipinski definition) is 4. The minimum Gasteiger partial charge on any atom is -0.497 e. The molecule has 0 aromatic heterocycles. The molecule has 23 heavy (non-hydrogen) atoms. The van der Waals surface area contributed by atoms with E-state index < -0.39 is 0 Å². The molecule has 1 atom stereocenters. The number of hydrogen-bond donors (Lipinski definition) is 0. The van der Waals surface area contributed by atoms with Crippen molar-refractivity contribution in [3.63, 3.8) is 0 Å². The second-order valence-corrected chi connectivity index (χ2v) is 5.34. The third-order valence-corrected chi connectivity index (χ3v) is 4.08. The summed E-state index contributed by atoms with van der Waals surface area (Å²) in [5.41, 5.74) is 3.34. The van der Waals surface area contributed by atoms with Crippen LogP contribution in [0.3, 0.4) is 0 Å². The van der Waals surface area contributed by atoms with Crippen molar-refractivity contribution < 1.29 is 14.3 Å². The van der Waals surface area contributed by atoms with Crippen LogP contribution in [0.2, 0.25) is 0 Å². The fourth-order valence-corrected chi connectivity index (χ4v) is 2.97. The first-order valence-electron chi connectivity index (χ1n) is 7.60. The van der Waals surface area contributed by atoms with Crippen LogP contribution in [0.15, 0.2) is 47.5 Å². The van der Waals surface area contributed by atoms with Gasteiger partial charge in [-0.15, -0.1) is 0 Å². The van der Waals surface area contributed by atoms with E-state index in [-0.39, 0.29) is 11.7 Å². The molecule has 2 aromatic rings. The zero-order valence-electron chi connectivity index (χ0n) is 13.5. The van der Waals surface area contributed by atoms with E-state index in [0.717, 1.165) is 22.6 Å². The standard InChI is InChI=1S/C19H19NO3/c1-4-20-18-15-10-9-14(23-3)11-16(15)19(21)17(18)12-5-7-13(22-2)8-6-12/h5-11,17H,4H2,1-3H3. The number of methoxy groups -OCH3 is 2. The number of fused-ring (bicyclic) bond motifs is 1. The Hall–Kier alpha value is -2.62. The summed E-state index contributed by atoms with van der Waals surface area (Å²) in [5.74, 6) is 1.16. The van der Waals surface area contributed by atoms with Gasteiger partial charge in [-0.25, -0.2) is 0 Å². The van der Waals surface area contributed by atoms with E-state index in [1.165, 1.54) is 0 Å². The highest BCUT2D eigenvalue weighted by molar-refractivity contribution is 6.31. The molecule has 4 heteroatoms. The molecule has 0 heterocycles. The van der Waals surface area contributed by atoms with Crippen molar-refractivity contribution in [1.29, 1.82) is 0 Å². The van der Waals surface area contributed by atoms with Gasteiger partial charge in [0.15, 0.2) is 5.78 Å². The molecule has 4 nitrogen and oxygen atoms in total. The SMILES string of the molecule is CCN=C1c2ccc(OC)cc2C(=O)C1c1ccc(OC)cc1. The van der Waals surface area contributed by atoms with E-state index in [4.69, 9.17) is 9.47 Å². The molecule has 0 saturated heterocycles. The summed E-state index contributed by atoms with van der Waals surface area (Å²) in [7, 11) is 3.23. The molecule has 1 aliphatic rings. The first-order chi connectivity index (χ1) is 11.2. The first kappa shape index (κ1) is 15.3. The number of ketones is 1. The Morgan fingerprint density at radius 2 is 1.61 bits per heavy atom. The Morgan fingerprint density at radius 1 is 0.957 bits per heavy atom. The molecule has 0 spiro atoms. The largest absolute Gasteiger partial charge is 0.497 e. The normalized spacial score (nSPS) is 18.1. The Kier molecular flexibility index (Phi) is 4.15. The van der Waals surface area contributed by atoms with Crippen molar-refractivity contribution in [1.82, 2.24) is 0 Å². The summed E-state index contributed by atoms with van der Waals surface area (Å²) in [6.45, 7) is 2.62. The van der Waals surface area contributed by atoms with Crippen LogP contribution in [-0.2, 0) is 0 Å². The van der Waals surface area contributed by atoms with Crippen molar-refractivity contribution in [3.05, 3.63) is 59.2 Å². The third kappa shape index (κ3) is 2.61. The van der Waals surface area contributed by atoms with Gasteiger partial charge < -0.3 is 9.47 Å². The van der Waals surface area contributed by atoms with Crippen LogP contribution in [0.5, 0.6) is 11.5 Å². The van der Waals surface area contributed by atoms with Crippen molar-refractivity contribution in [2.45, 2.75) is 12.8 Å². The summed E-state index contributed by atoms with van der Waals surface area (Å²) in [6.07, 6.45) is 0. The van der Waals surface area contributed by atoms with E-state index in [1.807, 2.05) is 43.3 Å². The van der Waals surface area contributed by atoms with Crippen LogP contribution in [0.1, 0.15) is 34.3 Å². The third-order valence-electron chi connectivity index (χ3n) is 4.08. The highest BCUT2D eigenvalue weighted by Crippen LogP contribution is 2.37. The van der Waals surface area contributed by atoms with Crippen LogP contribution >= 0.6 is 0 Å². The van der Waals surface area contributed by atoms with Gasteiger partial charge in [0.25, 0.3) is 0 Å². The van der Waals surface area contributed by atoms with Crippen LogP contribution in [0.25, 0.3) is 0 Å². The Balaban J connectivity index is 2.09. The molecule has 0 fully saturated rings. The average molecular weight is 309 g/mol. The van der Waals surface area contributed by atoms with E-state index in [9.17, 15) is 4.79 Å². The number of nitrogens with zero attached hydrogens (tertiary/aromatic N) is 1. The number of carbonyl (C=O) groups is 1. The predicted octanol–water partition coefficient (Wildman–Crippen LogP) is 3.49. The number of aliphatic imine (C=N–C) groups is 1. The van der Waals surface area contributed by atoms with Crippen molar-refractivity contribution in [2.24, 2.45) is 4.99 Å². The molecule has 3 rings (SSSR count). The lowest BCUT2D eigenvalue weighted by atomic mass is 9.93. The topological polar surface area (TPSA) is 47.9 Å². The van der Waals surface area contributed by atoms with Gasteiger partial charge in [0, 0.05) is 17.7 Å². The van der Waals surface area contributed by atoms with Crippen LogP contribution in [-0.4, -0.2) is 32.3 Å². The Morgan fingerprint density at radius 3 is 2.22 bits per heavy atom. The maximum Gasteiger partial charge on any atom is 0.177 e. The van der Waals surface area contributed by atoms with Gasteiger partial charge in [0.1, 0.15) is 11.5 Å². The lowest BCUT2D eigenvalue weighted by molar-refractivity contribution is 0.0988. The quantitative estimate of drug-likeness (QED) is 0.868. The molecule has 0 radical (unpaired) electrons. The van der Waals surface area contributed by atoms with Gasteiger partial charge in [-0.3, -0.25) is 9.79 Å². The molecule has 0 aliphatic heterocycles. The molecule has 1 aliphatic carbocycles. The van der Waals surface area contributed by atoms with Gasteiger partial charge in [0.2, 0.25) is 0 Å². The molecule has 0 N–H and O–H groups in total. The maximum absolute atomic E-state index is 12.9. The van der Waals surface area contributed by atoms with E-state index >= 15 is 0 Å². The zero-order chi connectivity index (χ0) is 16.4. The minimum atomic E-state index is -0.358. The Bertz CT molecular complexity index is 763. The second kappa shape index (κ2) is 6.24. The number of Topliss-reactive ketones (excluding diaryl/α,β-unsaturated/α-hetero) is 1. The summed E-state index contributed by atoms with van der Waals surface area (Å²) in [6, 6.07) is 13.2. The monoisotopic (exact) mass is 309 g/mol. The van der Waals surface area contributed by atoms with Crippen molar-refractivity contribution in [2.75, 3.05) is 20.8 Å². The van der Waals surface area contributed by atoms with Crippen LogP contribution < -0.4 is 9.47 Å². The second-order valence-electron chi connectivity index (χ2n) is 5.34. The van der Waals surface area contributed by atoms with Gasteiger partial charge in [-0.2, -0.15) is 0 Å². The predicted molar refractivity (Wildman–Crippen MR) is 90.1 cm³/mol. The molecular formula is C19H19NO3. The molecule has 0 bridgehead atoms. The summed E-state index contributed by atoms with van der Waals surface area (Å²) in [5, 5.41) is 0. The lowest BCUT2D eigenvalue weighted by Gasteiger charge is -2.11. The maximum atomic E-state index is 12.9. The highest BCUT2D eigenvalue weighted by Gasteiger charge is 2.37. The van der Waals surface area contributed by atoms with E-state index in [0.29, 0.717) is 17.9 Å². The molecule has 2 aromatic carbocycles. The fraction of sp³-hybridized carbons (Fsp3) is 0.263. The summed E-state index contributed by atoms with van der Waals surface area (Å²) in [4.78, 5) is 17.5. The number of benzene rings is 2. The molecule has 0 amide bonds. The average Bonchev–Trinajstić information content (AvgIpc) is 2.87. The van der Waals surface area contributed by atoms with Crippen molar-refractivity contribution in [3.8, 4) is 11.5 Å². The van der Waals surface area contributed by atoms with Crippen LogP contribution in [0, 0.1) is 0 Å². The van der Waals surface area contributed by atoms with Crippen LogP contribution in [0.4, 0.5) is 0 Å². The van der Waals surface area contributed by atoms with Gasteiger partial charge in [0.05, 0.1) is 25.8 Å². The molecule has 0 saturated carbocycles. The molecular weight excluding hydrogens is 290 g/mol. The molecule has 1 unspecified atom stereocenters. The number of rotatable bonds is 4. The van der Waals surface area contributed by atoms with E-state index in [1.54, 1.807) is 20.3 Å². The smallest absolute Gasteiger partial charge is 0.177 e. The minimum absolute atomic E-state index is 0.0660. The van der Waals surface area contributed by atoms with Crippen molar-refractivity contribution >= 4 is 11.5 Å². The number of ether oxygens (including phenoxy) is 2. The first-order valence-corrected chi connectivity index (χ1v) is 7.60. The van der Waals surface area contributed by atoms with Gasteiger partial charge >= 0.3 is 0 Å². The number of carbonyl (C=O) groups excluding carboxylic acids is 1. The van der Waals surface area contributed by atoms with E-state index in [2.05, 4.69) is 4.99 Å². The van der Waals surface area contributed by atoms with Gasteiger partial charge in [-0.1, -0.05) is 12.1 Å².